The van der Waals surface area contributed by atoms with Crippen LogP contribution < -0.4 is 20.7 Å². The van der Waals surface area contributed by atoms with Gasteiger partial charge in [0.1, 0.15) is 11.5 Å². The Morgan fingerprint density at radius 3 is 2.48 bits per heavy atom. The number of hydrazine groups is 1. The van der Waals surface area contributed by atoms with Crippen molar-refractivity contribution >= 4 is 0 Å². The van der Waals surface area contributed by atoms with Crippen LogP contribution in [0.2, 0.25) is 0 Å². The van der Waals surface area contributed by atoms with Gasteiger partial charge < -0.3 is 9.47 Å². The standard InChI is InChI=1S/C17H22N2O2/c1-12(2)21-16-10-5-4-9-15(16)17(19-18)13-7-6-8-14(11-13)20-3/h4-12,17,19H,18H2,1-3H3. The van der Waals surface area contributed by atoms with Gasteiger partial charge in [0.25, 0.3) is 0 Å². The summed E-state index contributed by atoms with van der Waals surface area (Å²) in [5.74, 6) is 7.41. The monoisotopic (exact) mass is 286 g/mol. The second-order valence-electron chi connectivity index (χ2n) is 5.08. The average Bonchev–Trinajstić information content (AvgIpc) is 2.49. The Morgan fingerprint density at radius 2 is 1.81 bits per heavy atom. The molecule has 0 aliphatic carbocycles. The number of nitrogens with two attached hydrogens (primary N) is 1. The fourth-order valence-corrected chi connectivity index (χ4v) is 2.27. The fraction of sp³-hybridized carbons (Fsp3) is 0.294. The van der Waals surface area contributed by atoms with Gasteiger partial charge >= 0.3 is 0 Å². The highest BCUT2D eigenvalue weighted by atomic mass is 16.5. The Kier molecular flexibility index (Phi) is 5.20. The summed E-state index contributed by atoms with van der Waals surface area (Å²) < 4.78 is 11.2. The van der Waals surface area contributed by atoms with Crippen molar-refractivity contribution in [1.82, 2.24) is 5.43 Å². The lowest BCUT2D eigenvalue weighted by atomic mass is 9.98. The maximum Gasteiger partial charge on any atom is 0.124 e. The Hall–Kier alpha value is -2.04. The first-order chi connectivity index (χ1) is 10.2. The molecule has 4 heteroatoms. The van der Waals surface area contributed by atoms with Gasteiger partial charge in [-0.25, -0.2) is 5.43 Å². The SMILES string of the molecule is COc1cccc(C(NN)c2ccccc2OC(C)C)c1. The van der Waals surface area contributed by atoms with Crippen molar-refractivity contribution < 1.29 is 9.47 Å². The molecule has 0 saturated carbocycles. The highest BCUT2D eigenvalue weighted by Gasteiger charge is 2.18. The minimum absolute atomic E-state index is 0.106. The van der Waals surface area contributed by atoms with Crippen LogP contribution in [0.3, 0.4) is 0 Å². The summed E-state index contributed by atoms with van der Waals surface area (Å²) in [6.45, 7) is 4.01. The molecule has 0 amide bonds. The first-order valence-corrected chi connectivity index (χ1v) is 7.01. The smallest absolute Gasteiger partial charge is 0.124 e. The lowest BCUT2D eigenvalue weighted by Crippen LogP contribution is -2.29. The normalized spacial score (nSPS) is 12.2. The van der Waals surface area contributed by atoms with Gasteiger partial charge in [0.05, 0.1) is 19.3 Å². The van der Waals surface area contributed by atoms with Gasteiger partial charge in [-0.3, -0.25) is 5.84 Å². The summed E-state index contributed by atoms with van der Waals surface area (Å²) in [6.07, 6.45) is 0.106. The zero-order chi connectivity index (χ0) is 15.2. The predicted molar refractivity (Wildman–Crippen MR) is 84.4 cm³/mol. The second-order valence-corrected chi connectivity index (χ2v) is 5.08. The van der Waals surface area contributed by atoms with E-state index >= 15 is 0 Å². The van der Waals surface area contributed by atoms with Crippen molar-refractivity contribution in [3.63, 3.8) is 0 Å². The summed E-state index contributed by atoms with van der Waals surface area (Å²) in [4.78, 5) is 0. The number of para-hydroxylation sites is 1. The molecule has 4 nitrogen and oxygen atoms in total. The zero-order valence-electron chi connectivity index (χ0n) is 12.7. The van der Waals surface area contributed by atoms with E-state index in [0.29, 0.717) is 0 Å². The Balaban J connectivity index is 2.41. The van der Waals surface area contributed by atoms with Crippen LogP contribution in [-0.4, -0.2) is 13.2 Å². The third-order valence-electron chi connectivity index (χ3n) is 3.19. The number of ether oxygens (including phenoxy) is 2. The Bertz CT molecular complexity index is 585. The molecule has 0 spiro atoms. The predicted octanol–water partition coefficient (Wildman–Crippen LogP) is 3.04. The quantitative estimate of drug-likeness (QED) is 0.633. The summed E-state index contributed by atoms with van der Waals surface area (Å²) in [5.41, 5.74) is 4.89. The van der Waals surface area contributed by atoms with Crippen LogP contribution in [0.25, 0.3) is 0 Å². The molecule has 0 heterocycles. The zero-order valence-corrected chi connectivity index (χ0v) is 12.7. The maximum atomic E-state index is 5.88. The van der Waals surface area contributed by atoms with E-state index in [1.807, 2.05) is 62.4 Å². The minimum Gasteiger partial charge on any atom is -0.497 e. The molecule has 0 bridgehead atoms. The number of methoxy groups -OCH3 is 1. The van der Waals surface area contributed by atoms with Gasteiger partial charge in [-0.05, 0) is 37.6 Å². The van der Waals surface area contributed by atoms with Crippen LogP contribution in [0.4, 0.5) is 0 Å². The van der Waals surface area contributed by atoms with E-state index in [1.165, 1.54) is 0 Å². The van der Waals surface area contributed by atoms with Crippen molar-refractivity contribution in [1.29, 1.82) is 0 Å². The fourth-order valence-electron chi connectivity index (χ4n) is 2.27. The van der Waals surface area contributed by atoms with Crippen LogP contribution in [0.5, 0.6) is 11.5 Å². The number of hydrogen-bond donors (Lipinski definition) is 2. The molecular weight excluding hydrogens is 264 g/mol. The van der Waals surface area contributed by atoms with Crippen molar-refractivity contribution in [2.45, 2.75) is 26.0 Å². The van der Waals surface area contributed by atoms with Gasteiger partial charge in [0.2, 0.25) is 0 Å². The van der Waals surface area contributed by atoms with Crippen LogP contribution in [0, 0.1) is 0 Å². The number of nitrogens with one attached hydrogen (secondary N) is 1. The molecule has 0 aliphatic heterocycles. The summed E-state index contributed by atoms with van der Waals surface area (Å²) in [7, 11) is 1.65. The summed E-state index contributed by atoms with van der Waals surface area (Å²) in [5, 5.41) is 0. The van der Waals surface area contributed by atoms with Crippen molar-refractivity contribution in [3.8, 4) is 11.5 Å². The van der Waals surface area contributed by atoms with E-state index < -0.39 is 0 Å². The maximum absolute atomic E-state index is 5.88. The molecule has 2 aromatic rings. The largest absolute Gasteiger partial charge is 0.497 e. The van der Waals surface area contributed by atoms with Gasteiger partial charge in [-0.1, -0.05) is 30.3 Å². The molecule has 2 aromatic carbocycles. The molecule has 1 unspecified atom stereocenters. The molecule has 21 heavy (non-hydrogen) atoms. The lowest BCUT2D eigenvalue weighted by molar-refractivity contribution is 0.238. The third kappa shape index (κ3) is 3.74. The number of hydrogen-bond acceptors (Lipinski definition) is 4. The highest BCUT2D eigenvalue weighted by molar-refractivity contribution is 5.43. The lowest BCUT2D eigenvalue weighted by Gasteiger charge is -2.22. The topological polar surface area (TPSA) is 56.5 Å². The first-order valence-electron chi connectivity index (χ1n) is 7.01. The molecule has 0 aliphatic rings. The summed E-state index contributed by atoms with van der Waals surface area (Å²) >= 11 is 0. The number of rotatable bonds is 6. The second kappa shape index (κ2) is 7.11. The van der Waals surface area contributed by atoms with Crippen molar-refractivity contribution in [3.05, 3.63) is 59.7 Å². The van der Waals surface area contributed by atoms with Crippen LogP contribution in [0.1, 0.15) is 31.0 Å². The Morgan fingerprint density at radius 1 is 1.05 bits per heavy atom. The van der Waals surface area contributed by atoms with Crippen LogP contribution >= 0.6 is 0 Å². The molecule has 0 radical (unpaired) electrons. The molecule has 0 saturated heterocycles. The van der Waals surface area contributed by atoms with E-state index in [0.717, 1.165) is 22.6 Å². The van der Waals surface area contributed by atoms with Crippen LogP contribution in [0.15, 0.2) is 48.5 Å². The van der Waals surface area contributed by atoms with Crippen molar-refractivity contribution in [2.24, 2.45) is 5.84 Å². The highest BCUT2D eigenvalue weighted by Crippen LogP contribution is 2.31. The van der Waals surface area contributed by atoms with Crippen molar-refractivity contribution in [2.75, 3.05) is 7.11 Å². The molecular formula is C17H22N2O2. The Labute approximate surface area is 125 Å². The molecule has 1 atom stereocenters. The van der Waals surface area contributed by atoms with E-state index in [2.05, 4.69) is 5.43 Å². The molecule has 2 rings (SSSR count). The number of benzene rings is 2. The molecule has 0 aromatic heterocycles. The van der Waals surface area contributed by atoms with E-state index in [9.17, 15) is 0 Å². The third-order valence-corrected chi connectivity index (χ3v) is 3.19. The van der Waals surface area contributed by atoms with E-state index in [1.54, 1.807) is 7.11 Å². The first kappa shape index (κ1) is 15.4. The van der Waals surface area contributed by atoms with E-state index in [4.69, 9.17) is 15.3 Å². The molecule has 112 valence electrons. The minimum atomic E-state index is -0.157. The molecule has 0 fully saturated rings. The van der Waals surface area contributed by atoms with Gasteiger partial charge in [-0.2, -0.15) is 0 Å². The van der Waals surface area contributed by atoms with Gasteiger partial charge in [-0.15, -0.1) is 0 Å². The van der Waals surface area contributed by atoms with E-state index in [-0.39, 0.29) is 12.1 Å². The van der Waals surface area contributed by atoms with Gasteiger partial charge in [0.15, 0.2) is 0 Å². The van der Waals surface area contributed by atoms with Crippen LogP contribution in [-0.2, 0) is 0 Å². The summed E-state index contributed by atoms with van der Waals surface area (Å²) in [6, 6.07) is 15.6. The molecule has 3 N–H and O–H groups in total. The average molecular weight is 286 g/mol. The van der Waals surface area contributed by atoms with Gasteiger partial charge in [0, 0.05) is 5.56 Å².